The molecule has 330 valence electrons. The number of phosphoric ester groups is 1. The van der Waals surface area contributed by atoms with Crippen molar-refractivity contribution in [3.63, 3.8) is 0 Å². The second-order valence-electron chi connectivity index (χ2n) is 16.0. The van der Waals surface area contributed by atoms with Gasteiger partial charge < -0.3 is 27.9 Å². The van der Waals surface area contributed by atoms with Gasteiger partial charge in [-0.3, -0.25) is 9.36 Å². The third-order valence-corrected chi connectivity index (χ3v) is 10.2. The van der Waals surface area contributed by atoms with Crippen LogP contribution in [0, 0.1) is 0 Å². The summed E-state index contributed by atoms with van der Waals surface area (Å²) < 4.78 is 34.6. The fourth-order valence-electron chi connectivity index (χ4n) is 5.74. The van der Waals surface area contributed by atoms with Gasteiger partial charge >= 0.3 is 5.97 Å². The van der Waals surface area contributed by atoms with Crippen molar-refractivity contribution < 1.29 is 37.3 Å². The Balaban J connectivity index is 4.30. The highest BCUT2D eigenvalue weighted by Gasteiger charge is 2.20. The average Bonchev–Trinajstić information content (AvgIpc) is 3.16. The van der Waals surface area contributed by atoms with E-state index in [9.17, 15) is 14.3 Å². The zero-order valence-electron chi connectivity index (χ0n) is 37.3. The first kappa shape index (κ1) is 54.9. The molecule has 0 bridgehead atoms. The Hall–Kier alpha value is -2.06. The molecule has 0 saturated heterocycles. The highest BCUT2D eigenvalue weighted by atomic mass is 31.2. The Morgan fingerprint density at radius 3 is 1.54 bits per heavy atom. The maximum atomic E-state index is 12.7. The number of rotatable bonds is 41. The van der Waals surface area contributed by atoms with E-state index in [-0.39, 0.29) is 25.8 Å². The highest BCUT2D eigenvalue weighted by Crippen LogP contribution is 2.38. The Morgan fingerprint density at radius 1 is 0.561 bits per heavy atom. The maximum Gasteiger partial charge on any atom is 0.306 e. The molecule has 0 amide bonds. The van der Waals surface area contributed by atoms with Gasteiger partial charge in [-0.05, 0) is 83.5 Å². The van der Waals surface area contributed by atoms with E-state index in [4.69, 9.17) is 18.5 Å². The first-order chi connectivity index (χ1) is 27.6. The van der Waals surface area contributed by atoms with Crippen molar-refractivity contribution in [3.8, 4) is 0 Å². The van der Waals surface area contributed by atoms with E-state index >= 15 is 0 Å². The number of hydrogen-bond acceptors (Lipinski definition) is 7. The quantitative estimate of drug-likeness (QED) is 0.0199. The summed E-state index contributed by atoms with van der Waals surface area (Å²) in [5.41, 5.74) is 0. The number of hydrogen-bond donors (Lipinski definition) is 0. The third-order valence-electron chi connectivity index (χ3n) is 9.24. The van der Waals surface area contributed by atoms with E-state index in [1.807, 2.05) is 21.1 Å². The van der Waals surface area contributed by atoms with Crippen LogP contribution in [0.2, 0.25) is 0 Å². The van der Waals surface area contributed by atoms with Crippen molar-refractivity contribution in [2.24, 2.45) is 0 Å². The second-order valence-corrected chi connectivity index (χ2v) is 17.4. The van der Waals surface area contributed by atoms with Gasteiger partial charge in [-0.1, -0.05) is 151 Å². The lowest BCUT2D eigenvalue weighted by atomic mass is 10.1. The molecule has 0 aromatic carbocycles. The molecule has 0 fully saturated rings. The van der Waals surface area contributed by atoms with Gasteiger partial charge in [-0.2, -0.15) is 0 Å². The smallest absolute Gasteiger partial charge is 0.306 e. The lowest BCUT2D eigenvalue weighted by Gasteiger charge is -2.28. The molecule has 0 heterocycles. The molecule has 0 aromatic heterocycles. The largest absolute Gasteiger partial charge is 0.756 e. The van der Waals surface area contributed by atoms with Gasteiger partial charge in [-0.15, -0.1) is 0 Å². The van der Waals surface area contributed by atoms with Gasteiger partial charge in [0.25, 0.3) is 7.82 Å². The molecule has 9 heteroatoms. The van der Waals surface area contributed by atoms with Crippen LogP contribution in [0.4, 0.5) is 0 Å². The number of nitrogens with zero attached hydrogens (tertiary/aromatic N) is 1. The zero-order chi connectivity index (χ0) is 42.0. The van der Waals surface area contributed by atoms with Crippen molar-refractivity contribution in [2.75, 3.05) is 54.1 Å². The van der Waals surface area contributed by atoms with Crippen LogP contribution in [0.3, 0.4) is 0 Å². The monoisotopic (exact) mass is 820 g/mol. The molecule has 57 heavy (non-hydrogen) atoms. The number of quaternary nitrogens is 1. The summed E-state index contributed by atoms with van der Waals surface area (Å²) in [7, 11) is 1.32. The fourth-order valence-corrected chi connectivity index (χ4v) is 6.47. The summed E-state index contributed by atoms with van der Waals surface area (Å²) in [6, 6.07) is 0. The summed E-state index contributed by atoms with van der Waals surface area (Å²) in [5, 5.41) is 0. The second kappa shape index (κ2) is 40.7. The highest BCUT2D eigenvalue weighted by molar-refractivity contribution is 7.45. The Labute approximate surface area is 351 Å². The van der Waals surface area contributed by atoms with E-state index in [0.29, 0.717) is 24.1 Å². The van der Waals surface area contributed by atoms with Crippen LogP contribution < -0.4 is 4.89 Å². The average molecular weight is 820 g/mol. The molecule has 0 N–H and O–H groups in total. The predicted octanol–water partition coefficient (Wildman–Crippen LogP) is 12.9. The minimum atomic E-state index is -4.54. The summed E-state index contributed by atoms with van der Waals surface area (Å²) in [6.07, 6.45) is 52.0. The lowest BCUT2D eigenvalue weighted by Crippen LogP contribution is -2.37. The zero-order valence-corrected chi connectivity index (χ0v) is 38.2. The van der Waals surface area contributed by atoms with Crippen molar-refractivity contribution >= 4 is 13.8 Å². The molecular weight excluding hydrogens is 734 g/mol. The van der Waals surface area contributed by atoms with Crippen LogP contribution in [-0.2, 0) is 27.9 Å². The summed E-state index contributed by atoms with van der Waals surface area (Å²) in [6.45, 7) is 5.20. The molecule has 0 aliphatic rings. The van der Waals surface area contributed by atoms with Crippen molar-refractivity contribution in [1.29, 1.82) is 0 Å². The van der Waals surface area contributed by atoms with Crippen molar-refractivity contribution in [3.05, 3.63) is 72.9 Å². The first-order valence-electron chi connectivity index (χ1n) is 22.7. The molecule has 0 aliphatic carbocycles. The summed E-state index contributed by atoms with van der Waals surface area (Å²) in [5.74, 6) is -0.355. The van der Waals surface area contributed by atoms with Crippen LogP contribution in [0.25, 0.3) is 0 Å². The van der Waals surface area contributed by atoms with E-state index in [1.165, 1.54) is 51.4 Å². The van der Waals surface area contributed by atoms with Gasteiger partial charge in [-0.25, -0.2) is 0 Å². The standard InChI is InChI=1S/C48H86NO7P/c1-6-8-10-12-14-16-18-20-22-23-24-25-26-28-30-32-34-36-38-40-43-53-45-47(46-55-57(51,52)54-44-42-49(3,4)5)56-48(50)41-39-37-35-33-31-29-27-21-19-17-15-13-11-9-7-2/h8,10,14,16,20-22,24-25,27-28,30,47H,6-7,9,11-13,15,17-19,23,26,29,31-46H2,1-5H3/b10-8-,16-14-,22-20-,25-24-,27-21-,30-28-. The lowest BCUT2D eigenvalue weighted by molar-refractivity contribution is -0.870. The van der Waals surface area contributed by atoms with Gasteiger partial charge in [0.05, 0.1) is 34.4 Å². The molecule has 0 saturated carbocycles. The van der Waals surface area contributed by atoms with Gasteiger partial charge in [0.15, 0.2) is 0 Å². The molecule has 8 nitrogen and oxygen atoms in total. The predicted molar refractivity (Wildman–Crippen MR) is 240 cm³/mol. The number of likely N-dealkylation sites (N-methyl/N-ethyl adjacent to an activating group) is 1. The van der Waals surface area contributed by atoms with Gasteiger partial charge in [0.2, 0.25) is 0 Å². The van der Waals surface area contributed by atoms with E-state index in [1.54, 1.807) is 0 Å². The number of phosphoric acid groups is 1. The number of allylic oxidation sites excluding steroid dienone is 12. The molecular formula is C48H86NO7P. The number of ether oxygens (including phenoxy) is 2. The normalized spacial score (nSPS) is 14.4. The maximum absolute atomic E-state index is 12.7. The Morgan fingerprint density at radius 2 is 1.02 bits per heavy atom. The topological polar surface area (TPSA) is 94.1 Å². The third kappa shape index (κ3) is 44.9. The van der Waals surface area contributed by atoms with Crippen LogP contribution in [0.15, 0.2) is 72.9 Å². The minimum Gasteiger partial charge on any atom is -0.756 e. The van der Waals surface area contributed by atoms with Gasteiger partial charge in [0, 0.05) is 13.0 Å². The molecule has 0 radical (unpaired) electrons. The number of esters is 1. The van der Waals surface area contributed by atoms with Crippen molar-refractivity contribution in [2.45, 2.75) is 174 Å². The van der Waals surface area contributed by atoms with Crippen LogP contribution in [0.5, 0.6) is 0 Å². The van der Waals surface area contributed by atoms with Crippen molar-refractivity contribution in [1.82, 2.24) is 0 Å². The van der Waals surface area contributed by atoms with Crippen LogP contribution in [0.1, 0.15) is 168 Å². The van der Waals surface area contributed by atoms with E-state index in [0.717, 1.165) is 96.3 Å². The Bertz CT molecular complexity index is 1140. The molecule has 2 unspecified atom stereocenters. The summed E-state index contributed by atoms with van der Waals surface area (Å²) >= 11 is 0. The van der Waals surface area contributed by atoms with Crippen LogP contribution in [-0.4, -0.2) is 70.7 Å². The summed E-state index contributed by atoms with van der Waals surface area (Å²) in [4.78, 5) is 25.1. The number of unbranched alkanes of at least 4 members (excludes halogenated alkanes) is 15. The number of carbonyl (C=O) groups excluding carboxylic acids is 1. The van der Waals surface area contributed by atoms with Gasteiger partial charge in [0.1, 0.15) is 19.3 Å². The Kier molecular flexibility index (Phi) is 39.2. The minimum absolute atomic E-state index is 0.0157. The SMILES string of the molecule is CC/C=C\C/C=C\C/C=C\C/C=C\C/C=C\CCCCCCOCC(COP(=O)([O-])OCC[N+](C)(C)C)OC(=O)CCCCCCC/C=C\CCCCCCCC. The molecule has 2 atom stereocenters. The molecule has 0 spiro atoms. The number of carbonyl (C=O) groups is 1. The van der Waals surface area contributed by atoms with E-state index in [2.05, 4.69) is 86.8 Å². The van der Waals surface area contributed by atoms with E-state index < -0.39 is 13.9 Å². The fraction of sp³-hybridized carbons (Fsp3) is 0.729. The molecule has 0 aromatic rings. The first-order valence-corrected chi connectivity index (χ1v) is 24.1. The molecule has 0 aliphatic heterocycles. The van der Waals surface area contributed by atoms with Crippen LogP contribution >= 0.6 is 7.82 Å². The molecule has 0 rings (SSSR count).